The van der Waals surface area contributed by atoms with Gasteiger partial charge in [-0.05, 0) is 25.0 Å². The summed E-state index contributed by atoms with van der Waals surface area (Å²) in [4.78, 5) is 21.7. The Morgan fingerprint density at radius 3 is 2.46 bits per heavy atom. The predicted octanol–water partition coefficient (Wildman–Crippen LogP) is 2.09. The van der Waals surface area contributed by atoms with Gasteiger partial charge in [0.2, 0.25) is 5.91 Å². The monoisotopic (exact) mass is 399 g/mol. The summed E-state index contributed by atoms with van der Waals surface area (Å²) in [5.74, 6) is 0.160. The number of hydrogen-bond acceptors (Lipinski definition) is 4. The molecular weight excluding hydrogens is 373 g/mol. The molecule has 4 rings (SSSR count). The molecule has 144 valence electrons. The minimum Gasteiger partial charge on any atom is -0.339 e. The highest BCUT2D eigenvalue weighted by Crippen LogP contribution is 2.29. The molecule has 0 bridgehead atoms. The zero-order chi connectivity index (χ0) is 16.6. The number of imidazole rings is 1. The van der Waals surface area contributed by atoms with Crippen molar-refractivity contribution in [2.45, 2.75) is 37.8 Å². The van der Waals surface area contributed by atoms with E-state index in [-0.39, 0.29) is 30.7 Å². The lowest BCUT2D eigenvalue weighted by Gasteiger charge is -2.38. The van der Waals surface area contributed by atoms with Crippen LogP contribution in [0.25, 0.3) is 5.65 Å². The van der Waals surface area contributed by atoms with E-state index in [1.165, 1.54) is 0 Å². The number of piperazine rings is 1. The summed E-state index contributed by atoms with van der Waals surface area (Å²) in [6.07, 6.45) is 7.94. The van der Waals surface area contributed by atoms with Crippen molar-refractivity contribution < 1.29 is 4.79 Å². The van der Waals surface area contributed by atoms with Crippen molar-refractivity contribution in [1.29, 1.82) is 0 Å². The fraction of sp³-hybridized carbons (Fsp3) is 0.556. The van der Waals surface area contributed by atoms with Crippen LogP contribution in [-0.2, 0) is 11.3 Å². The Morgan fingerprint density at radius 1 is 1.12 bits per heavy atom. The largest absolute Gasteiger partial charge is 0.339 e. The number of nitrogens with two attached hydrogens (primary N) is 1. The van der Waals surface area contributed by atoms with Crippen molar-refractivity contribution in [2.75, 3.05) is 26.2 Å². The van der Waals surface area contributed by atoms with E-state index >= 15 is 0 Å². The Hall–Kier alpha value is -1.34. The number of pyridine rings is 1. The molecule has 1 aliphatic carbocycles. The summed E-state index contributed by atoms with van der Waals surface area (Å²) in [5, 5.41) is 0. The number of amides is 1. The Balaban J connectivity index is 0.00000121. The van der Waals surface area contributed by atoms with Crippen LogP contribution in [0.1, 0.15) is 31.4 Å². The summed E-state index contributed by atoms with van der Waals surface area (Å²) < 4.78 is 2.05. The maximum absolute atomic E-state index is 12.7. The second-order valence-corrected chi connectivity index (χ2v) is 7.13. The van der Waals surface area contributed by atoms with Crippen molar-refractivity contribution in [3.05, 3.63) is 36.3 Å². The van der Waals surface area contributed by atoms with Gasteiger partial charge in [-0.1, -0.05) is 18.9 Å². The number of hydrogen-bond donors (Lipinski definition) is 1. The van der Waals surface area contributed by atoms with Crippen LogP contribution in [0.3, 0.4) is 0 Å². The van der Waals surface area contributed by atoms with Gasteiger partial charge in [-0.25, -0.2) is 4.98 Å². The SMILES string of the molecule is Cl.Cl.NC1(C(=O)N2CCN(Cc3cn4ccccc4n3)CC2)CCCC1. The third-order valence-electron chi connectivity index (χ3n) is 5.38. The van der Waals surface area contributed by atoms with E-state index < -0.39 is 5.54 Å². The smallest absolute Gasteiger partial charge is 0.242 e. The molecule has 26 heavy (non-hydrogen) atoms. The number of carbonyl (C=O) groups is 1. The molecule has 0 atom stereocenters. The molecular formula is C18H27Cl2N5O. The first-order valence-corrected chi connectivity index (χ1v) is 8.87. The molecule has 1 saturated heterocycles. The first kappa shape index (κ1) is 21.0. The molecule has 2 fully saturated rings. The van der Waals surface area contributed by atoms with E-state index in [4.69, 9.17) is 5.73 Å². The number of fused-ring (bicyclic) bond motifs is 1. The molecule has 0 radical (unpaired) electrons. The van der Waals surface area contributed by atoms with Gasteiger partial charge < -0.3 is 15.0 Å². The Bertz CT molecular complexity index is 703. The number of rotatable bonds is 3. The minimum atomic E-state index is -0.593. The fourth-order valence-corrected chi connectivity index (χ4v) is 3.94. The molecule has 0 aromatic carbocycles. The van der Waals surface area contributed by atoms with Crippen molar-refractivity contribution in [2.24, 2.45) is 5.73 Å². The Morgan fingerprint density at radius 2 is 1.81 bits per heavy atom. The van der Waals surface area contributed by atoms with E-state index in [0.29, 0.717) is 0 Å². The summed E-state index contributed by atoms with van der Waals surface area (Å²) in [6.45, 7) is 4.14. The van der Waals surface area contributed by atoms with E-state index in [2.05, 4.69) is 16.1 Å². The van der Waals surface area contributed by atoms with Gasteiger partial charge in [0, 0.05) is 45.1 Å². The van der Waals surface area contributed by atoms with Crippen LogP contribution in [0.5, 0.6) is 0 Å². The topological polar surface area (TPSA) is 66.9 Å². The molecule has 8 heteroatoms. The van der Waals surface area contributed by atoms with Crippen LogP contribution in [0.4, 0.5) is 0 Å². The number of halogens is 2. The Labute approximate surface area is 166 Å². The molecule has 1 aliphatic heterocycles. The molecule has 2 aromatic heterocycles. The third-order valence-corrected chi connectivity index (χ3v) is 5.38. The lowest BCUT2D eigenvalue weighted by molar-refractivity contribution is -0.138. The molecule has 0 spiro atoms. The quantitative estimate of drug-likeness (QED) is 0.857. The van der Waals surface area contributed by atoms with Crippen LogP contribution in [0.2, 0.25) is 0 Å². The van der Waals surface area contributed by atoms with Crippen molar-refractivity contribution in [1.82, 2.24) is 19.2 Å². The Kier molecular flexibility index (Phi) is 6.91. The minimum absolute atomic E-state index is 0. The maximum Gasteiger partial charge on any atom is 0.242 e. The zero-order valence-electron chi connectivity index (χ0n) is 14.8. The molecule has 6 nitrogen and oxygen atoms in total. The van der Waals surface area contributed by atoms with Gasteiger partial charge in [0.15, 0.2) is 0 Å². The molecule has 2 N–H and O–H groups in total. The summed E-state index contributed by atoms with van der Waals surface area (Å²) >= 11 is 0. The first-order valence-electron chi connectivity index (χ1n) is 8.87. The van der Waals surface area contributed by atoms with E-state index in [0.717, 1.165) is 69.7 Å². The maximum atomic E-state index is 12.7. The van der Waals surface area contributed by atoms with Crippen LogP contribution in [-0.4, -0.2) is 56.8 Å². The van der Waals surface area contributed by atoms with Crippen LogP contribution >= 0.6 is 24.8 Å². The highest BCUT2D eigenvalue weighted by atomic mass is 35.5. The van der Waals surface area contributed by atoms with Crippen LogP contribution in [0.15, 0.2) is 30.6 Å². The summed E-state index contributed by atoms with van der Waals surface area (Å²) in [7, 11) is 0. The van der Waals surface area contributed by atoms with Gasteiger partial charge in [-0.3, -0.25) is 9.69 Å². The number of nitrogens with zero attached hydrogens (tertiary/aromatic N) is 4. The summed E-state index contributed by atoms with van der Waals surface area (Å²) in [5.41, 5.74) is 7.78. The van der Waals surface area contributed by atoms with Crippen LogP contribution < -0.4 is 5.73 Å². The van der Waals surface area contributed by atoms with Gasteiger partial charge in [0.1, 0.15) is 5.65 Å². The fourth-order valence-electron chi connectivity index (χ4n) is 3.94. The highest BCUT2D eigenvalue weighted by Gasteiger charge is 2.40. The van der Waals surface area contributed by atoms with Gasteiger partial charge in [0.05, 0.1) is 11.2 Å². The second-order valence-electron chi connectivity index (χ2n) is 7.13. The standard InChI is InChI=1S/C18H25N5O.2ClH/c19-18(6-2-3-7-18)17(24)22-11-9-21(10-12-22)13-15-14-23-8-4-1-5-16(23)20-15;;/h1,4-5,8,14H,2-3,6-7,9-13,19H2;2*1H. The predicted molar refractivity (Wildman–Crippen MR) is 107 cm³/mol. The van der Waals surface area contributed by atoms with E-state index in [1.54, 1.807) is 0 Å². The van der Waals surface area contributed by atoms with E-state index in [9.17, 15) is 4.79 Å². The van der Waals surface area contributed by atoms with Crippen molar-refractivity contribution >= 4 is 36.4 Å². The van der Waals surface area contributed by atoms with Crippen molar-refractivity contribution in [3.63, 3.8) is 0 Å². The van der Waals surface area contributed by atoms with Gasteiger partial charge in [-0.15, -0.1) is 24.8 Å². The summed E-state index contributed by atoms with van der Waals surface area (Å²) in [6, 6.07) is 6.03. The normalized spacial score (nSPS) is 19.8. The van der Waals surface area contributed by atoms with Crippen LogP contribution in [0, 0.1) is 0 Å². The lowest BCUT2D eigenvalue weighted by Crippen LogP contribution is -2.58. The third kappa shape index (κ3) is 4.14. The average molecular weight is 400 g/mol. The van der Waals surface area contributed by atoms with Gasteiger partial charge in [0.25, 0.3) is 0 Å². The van der Waals surface area contributed by atoms with Crippen molar-refractivity contribution in [3.8, 4) is 0 Å². The number of carbonyl (C=O) groups excluding carboxylic acids is 1. The van der Waals surface area contributed by atoms with Gasteiger partial charge in [-0.2, -0.15) is 0 Å². The average Bonchev–Trinajstić information content (AvgIpc) is 3.21. The molecule has 0 unspecified atom stereocenters. The molecule has 1 saturated carbocycles. The molecule has 2 aliphatic rings. The lowest BCUT2D eigenvalue weighted by atomic mass is 9.97. The van der Waals surface area contributed by atoms with Gasteiger partial charge >= 0.3 is 0 Å². The second kappa shape index (κ2) is 8.57. The molecule has 2 aromatic rings. The van der Waals surface area contributed by atoms with E-state index in [1.807, 2.05) is 33.7 Å². The molecule has 1 amide bonds. The first-order chi connectivity index (χ1) is 11.6. The zero-order valence-corrected chi connectivity index (χ0v) is 16.5. The number of aromatic nitrogens is 2. The highest BCUT2D eigenvalue weighted by molar-refractivity contribution is 5.86. The molecule has 3 heterocycles.